The average molecular weight is 352 g/mol. The number of fused-ring (bicyclic) bond motifs is 1. The zero-order valence-electron chi connectivity index (χ0n) is 15.4. The number of aliphatic hydroxyl groups excluding tert-OH is 1. The van der Waals surface area contributed by atoms with Crippen LogP contribution >= 0.6 is 0 Å². The van der Waals surface area contributed by atoms with Crippen molar-refractivity contribution in [3.8, 4) is 5.75 Å². The van der Waals surface area contributed by atoms with Crippen molar-refractivity contribution in [1.82, 2.24) is 0 Å². The lowest BCUT2D eigenvalue weighted by Gasteiger charge is -2.36. The first-order valence-electron chi connectivity index (χ1n) is 9.90. The third kappa shape index (κ3) is 3.84. The number of aliphatic hydroxyl groups is 1. The summed E-state index contributed by atoms with van der Waals surface area (Å²) in [4.78, 5) is 0. The van der Waals surface area contributed by atoms with E-state index in [0.717, 1.165) is 31.6 Å². The predicted octanol–water partition coefficient (Wildman–Crippen LogP) is 5.71. The van der Waals surface area contributed by atoms with Crippen molar-refractivity contribution in [2.45, 2.75) is 83.8 Å². The van der Waals surface area contributed by atoms with Gasteiger partial charge in [0, 0.05) is 5.56 Å². The first-order chi connectivity index (χ1) is 12.0. The Balaban J connectivity index is 1.76. The molecule has 0 saturated heterocycles. The number of ether oxygens (including phenoxy) is 1. The molecule has 2 unspecified atom stereocenters. The van der Waals surface area contributed by atoms with E-state index in [0.29, 0.717) is 24.3 Å². The van der Waals surface area contributed by atoms with E-state index in [1.54, 1.807) is 6.07 Å². The summed E-state index contributed by atoms with van der Waals surface area (Å²) in [6.45, 7) is 4.15. The van der Waals surface area contributed by atoms with Gasteiger partial charge in [-0.3, -0.25) is 0 Å². The molecule has 1 N–H and O–H groups in total. The van der Waals surface area contributed by atoms with Crippen molar-refractivity contribution < 1.29 is 18.6 Å². The van der Waals surface area contributed by atoms with Gasteiger partial charge in [0.1, 0.15) is 6.10 Å². The van der Waals surface area contributed by atoms with Crippen LogP contribution in [-0.4, -0.2) is 11.2 Å². The van der Waals surface area contributed by atoms with E-state index in [9.17, 15) is 13.9 Å². The SMILES string of the molecule is CCCC(O)c1cc2c(c(F)c1F)OC(C1CCC(CC)CC1)CC2. The lowest BCUT2D eigenvalue weighted by atomic mass is 9.77. The highest BCUT2D eigenvalue weighted by Gasteiger charge is 2.34. The molecule has 0 spiro atoms. The molecule has 0 radical (unpaired) electrons. The van der Waals surface area contributed by atoms with E-state index >= 15 is 0 Å². The molecule has 1 aliphatic heterocycles. The molecule has 1 heterocycles. The van der Waals surface area contributed by atoms with Crippen molar-refractivity contribution in [3.05, 3.63) is 28.8 Å². The summed E-state index contributed by atoms with van der Waals surface area (Å²) >= 11 is 0. The van der Waals surface area contributed by atoms with Crippen LogP contribution in [0.2, 0.25) is 0 Å². The Hall–Kier alpha value is -1.16. The normalized spacial score (nSPS) is 27.5. The van der Waals surface area contributed by atoms with Gasteiger partial charge in [-0.15, -0.1) is 0 Å². The summed E-state index contributed by atoms with van der Waals surface area (Å²) in [5.41, 5.74) is 0.770. The molecule has 3 rings (SSSR count). The Kier molecular flexibility index (Phi) is 5.98. The second kappa shape index (κ2) is 8.03. The van der Waals surface area contributed by atoms with Crippen LogP contribution in [0.25, 0.3) is 0 Å². The summed E-state index contributed by atoms with van der Waals surface area (Å²) in [6.07, 6.45) is 7.63. The van der Waals surface area contributed by atoms with Crippen molar-refractivity contribution in [2.75, 3.05) is 0 Å². The number of aryl methyl sites for hydroxylation is 1. The van der Waals surface area contributed by atoms with Gasteiger partial charge < -0.3 is 9.84 Å². The van der Waals surface area contributed by atoms with Crippen LogP contribution in [0.1, 0.15) is 82.4 Å². The molecule has 2 atom stereocenters. The molecule has 2 aliphatic rings. The minimum absolute atomic E-state index is 0.00868. The quantitative estimate of drug-likeness (QED) is 0.735. The average Bonchev–Trinajstić information content (AvgIpc) is 2.64. The lowest BCUT2D eigenvalue weighted by Crippen LogP contribution is -2.34. The highest BCUT2D eigenvalue weighted by Crippen LogP contribution is 2.41. The molecule has 1 aromatic carbocycles. The maximum atomic E-state index is 14.6. The summed E-state index contributed by atoms with van der Waals surface area (Å²) in [5.74, 6) is -0.531. The second-order valence-corrected chi connectivity index (χ2v) is 7.77. The molecule has 0 bridgehead atoms. The fourth-order valence-corrected chi connectivity index (χ4v) is 4.48. The molecule has 140 valence electrons. The van der Waals surface area contributed by atoms with Crippen LogP contribution < -0.4 is 4.74 Å². The molecule has 1 saturated carbocycles. The van der Waals surface area contributed by atoms with Crippen molar-refractivity contribution in [3.63, 3.8) is 0 Å². The molecule has 0 amide bonds. The number of halogens is 2. The van der Waals surface area contributed by atoms with Crippen LogP contribution in [-0.2, 0) is 6.42 Å². The van der Waals surface area contributed by atoms with E-state index in [2.05, 4.69) is 6.92 Å². The molecule has 25 heavy (non-hydrogen) atoms. The largest absolute Gasteiger partial charge is 0.487 e. The number of hydrogen-bond donors (Lipinski definition) is 1. The second-order valence-electron chi connectivity index (χ2n) is 7.77. The predicted molar refractivity (Wildman–Crippen MR) is 94.7 cm³/mol. The Labute approximate surface area is 149 Å². The van der Waals surface area contributed by atoms with E-state index in [1.807, 2.05) is 6.92 Å². The highest BCUT2D eigenvalue weighted by atomic mass is 19.2. The van der Waals surface area contributed by atoms with Crippen molar-refractivity contribution in [2.24, 2.45) is 11.8 Å². The van der Waals surface area contributed by atoms with Gasteiger partial charge >= 0.3 is 0 Å². The minimum atomic E-state index is -0.952. The van der Waals surface area contributed by atoms with Gasteiger partial charge in [-0.05, 0) is 55.6 Å². The number of rotatable bonds is 5. The summed E-state index contributed by atoms with van der Waals surface area (Å²) < 4.78 is 35.0. The maximum absolute atomic E-state index is 14.6. The fourth-order valence-electron chi connectivity index (χ4n) is 4.48. The Morgan fingerprint density at radius 1 is 1.12 bits per heavy atom. The first-order valence-corrected chi connectivity index (χ1v) is 9.90. The summed E-state index contributed by atoms with van der Waals surface area (Å²) in [6, 6.07) is 1.61. The number of hydrogen-bond acceptors (Lipinski definition) is 2. The Bertz CT molecular complexity index is 594. The van der Waals surface area contributed by atoms with Gasteiger partial charge in [0.05, 0.1) is 6.10 Å². The van der Waals surface area contributed by atoms with Crippen LogP contribution in [0.15, 0.2) is 6.07 Å². The monoisotopic (exact) mass is 352 g/mol. The summed E-state index contributed by atoms with van der Waals surface area (Å²) in [7, 11) is 0. The van der Waals surface area contributed by atoms with Crippen LogP contribution in [0, 0.1) is 23.5 Å². The fraction of sp³-hybridized carbons (Fsp3) is 0.714. The molecule has 4 heteroatoms. The smallest absolute Gasteiger partial charge is 0.201 e. The van der Waals surface area contributed by atoms with Gasteiger partial charge in [-0.25, -0.2) is 4.39 Å². The van der Waals surface area contributed by atoms with E-state index in [-0.39, 0.29) is 17.4 Å². The van der Waals surface area contributed by atoms with E-state index in [4.69, 9.17) is 4.74 Å². The lowest BCUT2D eigenvalue weighted by molar-refractivity contribution is 0.0711. The number of benzene rings is 1. The highest BCUT2D eigenvalue weighted by molar-refractivity contribution is 5.42. The molecule has 1 aliphatic carbocycles. The van der Waals surface area contributed by atoms with Gasteiger partial charge in [-0.1, -0.05) is 39.5 Å². The van der Waals surface area contributed by atoms with Gasteiger partial charge in [-0.2, -0.15) is 4.39 Å². The molecule has 0 aromatic heterocycles. The zero-order valence-corrected chi connectivity index (χ0v) is 15.4. The molecule has 1 fully saturated rings. The Morgan fingerprint density at radius 2 is 1.84 bits per heavy atom. The van der Waals surface area contributed by atoms with Crippen molar-refractivity contribution in [1.29, 1.82) is 0 Å². The molecule has 1 aromatic rings. The maximum Gasteiger partial charge on any atom is 0.201 e. The van der Waals surface area contributed by atoms with E-state index in [1.165, 1.54) is 19.3 Å². The standard InChI is InChI=1S/C21H30F2O2/c1-3-5-17(24)16-12-15-10-11-18(25-21(15)20(23)19(16)22)14-8-6-13(4-2)7-9-14/h12-14,17-18,24H,3-11H2,1-2H3. The van der Waals surface area contributed by atoms with Gasteiger partial charge in [0.15, 0.2) is 11.6 Å². The van der Waals surface area contributed by atoms with Crippen LogP contribution in [0.4, 0.5) is 8.78 Å². The van der Waals surface area contributed by atoms with Gasteiger partial charge in [0.25, 0.3) is 0 Å². The zero-order chi connectivity index (χ0) is 18.0. The first kappa shape index (κ1) is 18.6. The van der Waals surface area contributed by atoms with Crippen molar-refractivity contribution >= 4 is 0 Å². The van der Waals surface area contributed by atoms with E-state index < -0.39 is 17.7 Å². The molecular weight excluding hydrogens is 322 g/mol. The Morgan fingerprint density at radius 3 is 2.48 bits per heavy atom. The van der Waals surface area contributed by atoms with Gasteiger partial charge in [0.2, 0.25) is 5.82 Å². The topological polar surface area (TPSA) is 29.5 Å². The van der Waals surface area contributed by atoms with Crippen LogP contribution in [0.3, 0.4) is 0 Å². The summed E-state index contributed by atoms with van der Waals surface area (Å²) in [5, 5.41) is 10.1. The third-order valence-corrected chi connectivity index (χ3v) is 6.15. The van der Waals surface area contributed by atoms with Crippen LogP contribution in [0.5, 0.6) is 5.75 Å². The third-order valence-electron chi connectivity index (χ3n) is 6.15. The molecular formula is C21H30F2O2. The minimum Gasteiger partial charge on any atom is -0.487 e. The molecule has 2 nitrogen and oxygen atoms in total.